The van der Waals surface area contributed by atoms with Crippen molar-refractivity contribution >= 4 is 41.7 Å². The van der Waals surface area contributed by atoms with Crippen LogP contribution in [0.2, 0.25) is 0 Å². The SMILES string of the molecule is S/C=C(\N=CNc1cccnc1)c1ccc(-c2ccccn2)s1. The van der Waals surface area contributed by atoms with Gasteiger partial charge in [0.2, 0.25) is 0 Å². The Bertz CT molecular complexity index is 811. The maximum absolute atomic E-state index is 4.43. The Kier molecular flexibility index (Phi) is 5.18. The lowest BCUT2D eigenvalue weighted by molar-refractivity contribution is 1.33. The first-order valence-corrected chi connectivity index (χ1v) is 8.25. The quantitative estimate of drug-likeness (QED) is 0.407. The number of aliphatic imine (C=N–C) groups is 1. The van der Waals surface area contributed by atoms with Crippen LogP contribution in [0.4, 0.5) is 5.69 Å². The van der Waals surface area contributed by atoms with Gasteiger partial charge in [-0.3, -0.25) is 9.97 Å². The fraction of sp³-hybridized carbons (Fsp3) is 0. The molecule has 23 heavy (non-hydrogen) atoms. The van der Waals surface area contributed by atoms with Crippen molar-refractivity contribution in [2.45, 2.75) is 0 Å². The highest BCUT2D eigenvalue weighted by Gasteiger charge is 2.06. The Hall–Kier alpha value is -2.44. The third-order valence-corrected chi connectivity index (χ3v) is 4.37. The minimum atomic E-state index is 0.789. The molecule has 3 aromatic heterocycles. The van der Waals surface area contributed by atoms with Crippen LogP contribution < -0.4 is 5.32 Å². The second kappa shape index (κ2) is 7.71. The lowest BCUT2D eigenvalue weighted by Crippen LogP contribution is -1.94. The van der Waals surface area contributed by atoms with Crippen LogP contribution >= 0.6 is 24.0 Å². The number of hydrogen-bond donors (Lipinski definition) is 2. The molecule has 0 aliphatic rings. The van der Waals surface area contributed by atoms with Crippen molar-refractivity contribution in [1.29, 1.82) is 0 Å². The minimum Gasteiger partial charge on any atom is -0.345 e. The van der Waals surface area contributed by atoms with Crippen molar-refractivity contribution < 1.29 is 0 Å². The summed E-state index contributed by atoms with van der Waals surface area (Å²) in [7, 11) is 0. The smallest absolute Gasteiger partial charge is 0.0931 e. The minimum absolute atomic E-state index is 0.789. The summed E-state index contributed by atoms with van der Waals surface area (Å²) in [5.74, 6) is 0. The summed E-state index contributed by atoms with van der Waals surface area (Å²) in [6.07, 6.45) is 6.89. The van der Waals surface area contributed by atoms with Gasteiger partial charge in [-0.25, -0.2) is 4.99 Å². The summed E-state index contributed by atoms with van der Waals surface area (Å²) in [4.78, 5) is 15.0. The molecule has 0 spiro atoms. The number of pyridine rings is 2. The van der Waals surface area contributed by atoms with E-state index in [0.717, 1.165) is 26.8 Å². The van der Waals surface area contributed by atoms with Gasteiger partial charge in [-0.15, -0.1) is 24.0 Å². The predicted octanol–water partition coefficient (Wildman–Crippen LogP) is 4.57. The molecule has 3 aromatic rings. The number of thiophene rings is 1. The number of nitrogens with zero attached hydrogens (tertiary/aromatic N) is 3. The van der Waals surface area contributed by atoms with Crippen LogP contribution in [0, 0.1) is 0 Å². The molecule has 0 saturated carbocycles. The molecule has 0 aliphatic heterocycles. The van der Waals surface area contributed by atoms with E-state index in [1.54, 1.807) is 41.7 Å². The summed E-state index contributed by atoms with van der Waals surface area (Å²) >= 11 is 5.89. The summed E-state index contributed by atoms with van der Waals surface area (Å²) in [6.45, 7) is 0. The van der Waals surface area contributed by atoms with Crippen molar-refractivity contribution in [3.63, 3.8) is 0 Å². The lowest BCUT2D eigenvalue weighted by atomic mass is 10.3. The van der Waals surface area contributed by atoms with E-state index in [0.29, 0.717) is 0 Å². The molecular weight excluding hydrogens is 324 g/mol. The van der Waals surface area contributed by atoms with E-state index in [1.807, 2.05) is 42.5 Å². The second-order valence-electron chi connectivity index (χ2n) is 4.54. The zero-order valence-electron chi connectivity index (χ0n) is 12.1. The molecule has 0 aliphatic carbocycles. The third kappa shape index (κ3) is 4.06. The predicted molar refractivity (Wildman–Crippen MR) is 101 cm³/mol. The van der Waals surface area contributed by atoms with E-state index in [4.69, 9.17) is 0 Å². The molecule has 6 heteroatoms. The summed E-state index contributed by atoms with van der Waals surface area (Å²) in [5.41, 5.74) is 2.63. The van der Waals surface area contributed by atoms with E-state index in [1.165, 1.54) is 0 Å². The number of hydrogen-bond acceptors (Lipinski definition) is 5. The molecule has 0 bridgehead atoms. The zero-order chi connectivity index (χ0) is 15.9. The van der Waals surface area contributed by atoms with Gasteiger partial charge in [-0.1, -0.05) is 6.07 Å². The number of thiol groups is 1. The van der Waals surface area contributed by atoms with Crippen LogP contribution in [-0.2, 0) is 0 Å². The molecule has 0 atom stereocenters. The van der Waals surface area contributed by atoms with Crippen LogP contribution in [0.5, 0.6) is 0 Å². The summed E-state index contributed by atoms with van der Waals surface area (Å²) < 4.78 is 0. The Balaban J connectivity index is 1.73. The second-order valence-corrected chi connectivity index (χ2v) is 5.88. The third-order valence-electron chi connectivity index (χ3n) is 2.99. The number of rotatable bonds is 5. The van der Waals surface area contributed by atoms with Crippen molar-refractivity contribution in [1.82, 2.24) is 9.97 Å². The molecule has 0 radical (unpaired) electrons. The molecule has 3 heterocycles. The summed E-state index contributed by atoms with van der Waals surface area (Å²) in [5, 5.41) is 4.77. The molecule has 3 rings (SSSR count). The molecular formula is C17H14N4S2. The number of anilines is 1. The Labute approximate surface area is 144 Å². The van der Waals surface area contributed by atoms with E-state index >= 15 is 0 Å². The lowest BCUT2D eigenvalue weighted by Gasteiger charge is -2.00. The molecule has 114 valence electrons. The van der Waals surface area contributed by atoms with Crippen LogP contribution in [0.3, 0.4) is 0 Å². The van der Waals surface area contributed by atoms with Gasteiger partial charge >= 0.3 is 0 Å². The molecule has 0 amide bonds. The first-order valence-electron chi connectivity index (χ1n) is 6.92. The van der Waals surface area contributed by atoms with Crippen LogP contribution in [-0.4, -0.2) is 16.3 Å². The molecule has 4 nitrogen and oxygen atoms in total. The largest absolute Gasteiger partial charge is 0.345 e. The first-order chi connectivity index (χ1) is 11.4. The normalized spacial score (nSPS) is 11.8. The highest BCUT2D eigenvalue weighted by atomic mass is 32.1. The van der Waals surface area contributed by atoms with Crippen molar-refractivity contribution in [2.24, 2.45) is 4.99 Å². The first kappa shape index (κ1) is 15.5. The molecule has 0 unspecified atom stereocenters. The highest BCUT2D eigenvalue weighted by Crippen LogP contribution is 2.31. The van der Waals surface area contributed by atoms with Crippen molar-refractivity contribution in [2.75, 3.05) is 5.32 Å². The maximum atomic E-state index is 4.43. The van der Waals surface area contributed by atoms with Crippen molar-refractivity contribution in [3.8, 4) is 10.6 Å². The summed E-state index contributed by atoms with van der Waals surface area (Å²) in [6, 6.07) is 13.7. The van der Waals surface area contributed by atoms with E-state index in [2.05, 4.69) is 32.9 Å². The van der Waals surface area contributed by atoms with Gasteiger partial charge in [0.15, 0.2) is 0 Å². The van der Waals surface area contributed by atoms with Crippen LogP contribution in [0.25, 0.3) is 16.3 Å². The Morgan fingerprint density at radius 2 is 2.09 bits per heavy atom. The molecule has 0 saturated heterocycles. The number of aromatic nitrogens is 2. The van der Waals surface area contributed by atoms with Crippen LogP contribution in [0.1, 0.15) is 4.88 Å². The standard InChI is InChI=1S/C17H14N4S2/c22-11-15(21-12-20-13-4-3-8-18-10-13)17-7-6-16(23-17)14-5-1-2-9-19-14/h1-12,22H,(H,20,21)/b15-11-. The molecule has 0 fully saturated rings. The van der Waals surface area contributed by atoms with Gasteiger partial charge in [0.05, 0.1) is 39.4 Å². The van der Waals surface area contributed by atoms with Crippen LogP contribution in [0.15, 0.2) is 71.5 Å². The average Bonchev–Trinajstić information content (AvgIpc) is 3.10. The molecule has 1 N–H and O–H groups in total. The highest BCUT2D eigenvalue weighted by molar-refractivity contribution is 7.83. The van der Waals surface area contributed by atoms with Gasteiger partial charge in [0.25, 0.3) is 0 Å². The van der Waals surface area contributed by atoms with E-state index in [-0.39, 0.29) is 0 Å². The number of nitrogens with one attached hydrogen (secondary N) is 1. The zero-order valence-corrected chi connectivity index (χ0v) is 13.8. The van der Waals surface area contributed by atoms with E-state index in [9.17, 15) is 0 Å². The molecule has 0 aromatic carbocycles. The topological polar surface area (TPSA) is 50.2 Å². The van der Waals surface area contributed by atoms with E-state index < -0.39 is 0 Å². The maximum Gasteiger partial charge on any atom is 0.0931 e. The Morgan fingerprint density at radius 1 is 1.13 bits per heavy atom. The monoisotopic (exact) mass is 338 g/mol. The average molecular weight is 338 g/mol. The fourth-order valence-corrected chi connectivity index (χ4v) is 3.15. The van der Waals surface area contributed by atoms with Gasteiger partial charge in [-0.05, 0) is 41.8 Å². The van der Waals surface area contributed by atoms with Gasteiger partial charge < -0.3 is 5.32 Å². The Morgan fingerprint density at radius 3 is 2.83 bits per heavy atom. The van der Waals surface area contributed by atoms with Crippen molar-refractivity contribution in [3.05, 3.63) is 71.3 Å². The van der Waals surface area contributed by atoms with Gasteiger partial charge in [0, 0.05) is 12.4 Å². The van der Waals surface area contributed by atoms with Gasteiger partial charge in [0.1, 0.15) is 0 Å². The van der Waals surface area contributed by atoms with Gasteiger partial charge in [-0.2, -0.15) is 0 Å². The fourth-order valence-electron chi connectivity index (χ4n) is 1.91.